The lowest BCUT2D eigenvalue weighted by Crippen LogP contribution is -2.28. The number of furan rings is 1. The normalized spacial score (nSPS) is 14.2. The van der Waals surface area contributed by atoms with Gasteiger partial charge >= 0.3 is 0 Å². The number of nitrogens with two attached hydrogens (primary N) is 1. The molecule has 0 saturated carbocycles. The van der Waals surface area contributed by atoms with Crippen LogP contribution in [0.4, 0.5) is 0 Å². The fraction of sp³-hybridized carbons (Fsp3) is 0.333. The van der Waals surface area contributed by atoms with E-state index in [9.17, 15) is 0 Å². The highest BCUT2D eigenvalue weighted by Crippen LogP contribution is 2.30. The van der Waals surface area contributed by atoms with Gasteiger partial charge in [-0.05, 0) is 56.2 Å². The van der Waals surface area contributed by atoms with Crippen LogP contribution in [0, 0.1) is 13.8 Å². The zero-order chi connectivity index (χ0) is 14.0. The third-order valence-corrected chi connectivity index (χ3v) is 3.57. The number of halogens is 1. The lowest BCUT2D eigenvalue weighted by atomic mass is 10.1. The lowest BCUT2D eigenvalue weighted by Gasteiger charge is -2.21. The van der Waals surface area contributed by atoms with Crippen molar-refractivity contribution in [2.75, 3.05) is 0 Å². The fourth-order valence-corrected chi connectivity index (χ4v) is 2.11. The molecule has 0 fully saturated rings. The summed E-state index contributed by atoms with van der Waals surface area (Å²) in [7, 11) is 0. The summed E-state index contributed by atoms with van der Waals surface area (Å²) in [5, 5.41) is 0.766. The van der Waals surface area contributed by atoms with Crippen LogP contribution in [-0.2, 0) is 0 Å². The number of ether oxygens (including phenoxy) is 1. The molecule has 19 heavy (non-hydrogen) atoms. The van der Waals surface area contributed by atoms with E-state index in [0.29, 0.717) is 0 Å². The van der Waals surface area contributed by atoms with Crippen molar-refractivity contribution >= 4 is 11.6 Å². The molecule has 3 nitrogen and oxygen atoms in total. The summed E-state index contributed by atoms with van der Waals surface area (Å²) >= 11 is 6.15. The maximum Gasteiger partial charge on any atom is 0.171 e. The quantitative estimate of drug-likeness (QED) is 0.920. The van der Waals surface area contributed by atoms with Gasteiger partial charge in [0.05, 0.1) is 6.26 Å². The minimum Gasteiger partial charge on any atom is -0.481 e. The Kier molecular flexibility index (Phi) is 4.17. The zero-order valence-electron chi connectivity index (χ0n) is 11.3. The topological polar surface area (TPSA) is 48.4 Å². The van der Waals surface area contributed by atoms with Gasteiger partial charge in [-0.3, -0.25) is 0 Å². The van der Waals surface area contributed by atoms with E-state index in [1.807, 2.05) is 45.0 Å². The second-order valence-electron chi connectivity index (χ2n) is 4.78. The third kappa shape index (κ3) is 3.11. The van der Waals surface area contributed by atoms with Crippen molar-refractivity contribution in [2.24, 2.45) is 5.73 Å². The van der Waals surface area contributed by atoms with Crippen molar-refractivity contribution in [1.29, 1.82) is 0 Å². The monoisotopic (exact) mass is 279 g/mol. The van der Waals surface area contributed by atoms with E-state index in [1.165, 1.54) is 0 Å². The van der Waals surface area contributed by atoms with Crippen molar-refractivity contribution in [2.45, 2.75) is 32.9 Å². The summed E-state index contributed by atoms with van der Waals surface area (Å²) in [4.78, 5) is 0. The Morgan fingerprint density at radius 3 is 2.37 bits per heavy atom. The molecule has 0 radical (unpaired) electrons. The SMILES string of the molecule is Cc1cc(OC(c2ccco2)C(C)N)cc(C)c1Cl. The maximum absolute atomic E-state index is 6.15. The number of hydrogen-bond acceptors (Lipinski definition) is 3. The molecule has 102 valence electrons. The maximum atomic E-state index is 6.15. The summed E-state index contributed by atoms with van der Waals surface area (Å²) in [6.45, 7) is 5.80. The molecule has 0 aliphatic heterocycles. The molecule has 2 aromatic rings. The van der Waals surface area contributed by atoms with Crippen LogP contribution in [0.2, 0.25) is 5.02 Å². The van der Waals surface area contributed by atoms with Gasteiger partial charge < -0.3 is 14.9 Å². The minimum absolute atomic E-state index is 0.178. The highest BCUT2D eigenvalue weighted by atomic mass is 35.5. The Labute approximate surface area is 118 Å². The van der Waals surface area contributed by atoms with Gasteiger partial charge in [0.1, 0.15) is 11.5 Å². The summed E-state index contributed by atoms with van der Waals surface area (Å²) in [6, 6.07) is 7.33. The van der Waals surface area contributed by atoms with Gasteiger partial charge in [0, 0.05) is 11.1 Å². The van der Waals surface area contributed by atoms with E-state index < -0.39 is 0 Å². The number of aryl methyl sites for hydroxylation is 2. The molecule has 2 rings (SSSR count). The highest BCUT2D eigenvalue weighted by Gasteiger charge is 2.21. The Bertz CT molecular complexity index is 526. The van der Waals surface area contributed by atoms with Crippen molar-refractivity contribution in [3.63, 3.8) is 0 Å². The first-order valence-corrected chi connectivity index (χ1v) is 6.59. The molecule has 4 heteroatoms. The second-order valence-corrected chi connectivity index (χ2v) is 5.16. The second kappa shape index (κ2) is 5.68. The summed E-state index contributed by atoms with van der Waals surface area (Å²) in [5.74, 6) is 1.47. The van der Waals surface area contributed by atoms with Gasteiger partial charge in [0.15, 0.2) is 6.10 Å². The summed E-state index contributed by atoms with van der Waals surface area (Å²) in [6.07, 6.45) is 1.31. The van der Waals surface area contributed by atoms with Crippen LogP contribution in [0.3, 0.4) is 0 Å². The molecule has 0 amide bonds. The van der Waals surface area contributed by atoms with Crippen molar-refractivity contribution in [3.05, 3.63) is 52.4 Å². The molecule has 1 aromatic heterocycles. The van der Waals surface area contributed by atoms with Gasteiger partial charge in [0.25, 0.3) is 0 Å². The average Bonchev–Trinajstić information content (AvgIpc) is 2.86. The molecule has 1 aromatic carbocycles. The molecule has 0 spiro atoms. The molecule has 1 heterocycles. The number of hydrogen-bond donors (Lipinski definition) is 1. The zero-order valence-corrected chi connectivity index (χ0v) is 12.1. The van der Waals surface area contributed by atoms with Gasteiger partial charge in [-0.1, -0.05) is 11.6 Å². The molecule has 0 bridgehead atoms. The predicted octanol–water partition coefficient (Wildman–Crippen LogP) is 4.02. The first-order chi connectivity index (χ1) is 8.99. The van der Waals surface area contributed by atoms with Gasteiger partial charge in [-0.2, -0.15) is 0 Å². The van der Waals surface area contributed by atoms with Crippen molar-refractivity contribution < 1.29 is 9.15 Å². The van der Waals surface area contributed by atoms with Gasteiger partial charge in [-0.25, -0.2) is 0 Å². The largest absolute Gasteiger partial charge is 0.481 e. The first-order valence-electron chi connectivity index (χ1n) is 6.21. The standard InChI is InChI=1S/C15H18ClNO2/c1-9-7-12(8-10(2)14(9)16)19-15(11(3)17)13-5-4-6-18-13/h4-8,11,15H,17H2,1-3H3. The third-order valence-electron chi connectivity index (χ3n) is 2.97. The van der Waals surface area contributed by atoms with Crippen molar-refractivity contribution in [3.8, 4) is 5.75 Å². The highest BCUT2D eigenvalue weighted by molar-refractivity contribution is 6.32. The van der Waals surface area contributed by atoms with Crippen LogP contribution in [0.1, 0.15) is 29.9 Å². The van der Waals surface area contributed by atoms with Gasteiger partial charge in [-0.15, -0.1) is 0 Å². The van der Waals surface area contributed by atoms with E-state index in [4.69, 9.17) is 26.5 Å². The Morgan fingerprint density at radius 1 is 1.26 bits per heavy atom. The minimum atomic E-state index is -0.310. The molecule has 0 aliphatic carbocycles. The Morgan fingerprint density at radius 2 is 1.89 bits per heavy atom. The summed E-state index contributed by atoms with van der Waals surface area (Å²) < 4.78 is 11.3. The molecule has 0 aliphatic rings. The van der Waals surface area contributed by atoms with E-state index in [-0.39, 0.29) is 12.1 Å². The summed E-state index contributed by atoms with van der Waals surface area (Å²) in [5.41, 5.74) is 7.94. The smallest absolute Gasteiger partial charge is 0.171 e. The molecular formula is C15H18ClNO2. The molecule has 2 unspecified atom stereocenters. The Hall–Kier alpha value is -1.45. The van der Waals surface area contributed by atoms with E-state index >= 15 is 0 Å². The number of benzene rings is 1. The molecule has 2 N–H and O–H groups in total. The fourth-order valence-electron chi connectivity index (χ4n) is 2.00. The van der Waals surface area contributed by atoms with Crippen LogP contribution in [0.5, 0.6) is 5.75 Å². The van der Waals surface area contributed by atoms with Crippen LogP contribution in [0.25, 0.3) is 0 Å². The van der Waals surface area contributed by atoms with Crippen LogP contribution in [-0.4, -0.2) is 6.04 Å². The van der Waals surface area contributed by atoms with E-state index in [0.717, 1.165) is 27.7 Å². The van der Waals surface area contributed by atoms with Crippen LogP contribution in [0.15, 0.2) is 34.9 Å². The molecule has 0 saturated heterocycles. The predicted molar refractivity (Wildman–Crippen MR) is 76.7 cm³/mol. The Balaban J connectivity index is 2.28. The van der Waals surface area contributed by atoms with E-state index in [1.54, 1.807) is 6.26 Å². The van der Waals surface area contributed by atoms with Crippen LogP contribution >= 0.6 is 11.6 Å². The van der Waals surface area contributed by atoms with Crippen LogP contribution < -0.4 is 10.5 Å². The van der Waals surface area contributed by atoms with Crippen molar-refractivity contribution in [1.82, 2.24) is 0 Å². The van der Waals surface area contributed by atoms with Gasteiger partial charge in [0.2, 0.25) is 0 Å². The molecular weight excluding hydrogens is 262 g/mol. The lowest BCUT2D eigenvalue weighted by molar-refractivity contribution is 0.153. The average molecular weight is 280 g/mol. The number of rotatable bonds is 4. The first kappa shape index (κ1) is 14.0. The van der Waals surface area contributed by atoms with E-state index in [2.05, 4.69) is 0 Å². The molecule has 2 atom stereocenters.